The summed E-state index contributed by atoms with van der Waals surface area (Å²) < 4.78 is 0. The molecule has 0 unspecified atom stereocenters. The topological polar surface area (TPSA) is 34.1 Å². The second-order valence-corrected chi connectivity index (χ2v) is 4.93. The van der Waals surface area contributed by atoms with E-state index in [0.29, 0.717) is 11.5 Å². The summed E-state index contributed by atoms with van der Waals surface area (Å²) in [5.41, 5.74) is 0.677. The lowest BCUT2D eigenvalue weighted by Crippen LogP contribution is -2.14. The van der Waals surface area contributed by atoms with Crippen LogP contribution in [0.4, 0.5) is 0 Å². The molecule has 1 atom stereocenters. The van der Waals surface area contributed by atoms with Crippen molar-refractivity contribution in [1.82, 2.24) is 0 Å². The van der Waals surface area contributed by atoms with E-state index in [2.05, 4.69) is 13.8 Å². The van der Waals surface area contributed by atoms with Crippen molar-refractivity contribution in [3.63, 3.8) is 0 Å². The summed E-state index contributed by atoms with van der Waals surface area (Å²) in [6.45, 7) is 6.42. The highest BCUT2D eigenvalue weighted by atomic mass is 16.1. The molecule has 0 saturated carbocycles. The van der Waals surface area contributed by atoms with Crippen LogP contribution in [-0.4, -0.2) is 11.6 Å². The van der Waals surface area contributed by atoms with Crippen LogP contribution >= 0.6 is 0 Å². The fourth-order valence-electron chi connectivity index (χ4n) is 1.90. The Balaban J connectivity index is 2.50. The Labute approximate surface area is 97.4 Å². The zero-order valence-corrected chi connectivity index (χ0v) is 10.3. The molecule has 88 valence electrons. The van der Waals surface area contributed by atoms with Crippen LogP contribution in [0.5, 0.6) is 0 Å². The zero-order valence-electron chi connectivity index (χ0n) is 10.3. The van der Waals surface area contributed by atoms with Crippen molar-refractivity contribution in [3.8, 4) is 0 Å². The van der Waals surface area contributed by atoms with Gasteiger partial charge < -0.3 is 0 Å². The van der Waals surface area contributed by atoms with Gasteiger partial charge in [0.05, 0.1) is 0 Å². The molecule has 0 aromatic heterocycles. The summed E-state index contributed by atoms with van der Waals surface area (Å²) in [6, 6.07) is 0. The summed E-state index contributed by atoms with van der Waals surface area (Å²) in [6.07, 6.45) is 7.49. The SMILES string of the molecule is CC(C)CCC[C@@H](C)C1=CC(=O)C=CC1=O. The van der Waals surface area contributed by atoms with Crippen LogP contribution in [0.25, 0.3) is 0 Å². The third-order valence-electron chi connectivity index (χ3n) is 2.93. The third kappa shape index (κ3) is 3.76. The van der Waals surface area contributed by atoms with Crippen LogP contribution < -0.4 is 0 Å². The van der Waals surface area contributed by atoms with E-state index in [1.165, 1.54) is 24.6 Å². The minimum atomic E-state index is -0.0645. The van der Waals surface area contributed by atoms with E-state index in [1.54, 1.807) is 0 Å². The Bertz CT molecular complexity index is 335. The van der Waals surface area contributed by atoms with Gasteiger partial charge in [-0.3, -0.25) is 9.59 Å². The van der Waals surface area contributed by atoms with Crippen molar-refractivity contribution in [1.29, 1.82) is 0 Å². The first kappa shape index (κ1) is 12.9. The molecule has 2 heteroatoms. The lowest BCUT2D eigenvalue weighted by Gasteiger charge is -2.15. The molecule has 0 spiro atoms. The van der Waals surface area contributed by atoms with E-state index < -0.39 is 0 Å². The molecule has 0 bridgehead atoms. The highest BCUT2D eigenvalue weighted by Gasteiger charge is 2.18. The molecule has 0 aromatic rings. The summed E-state index contributed by atoms with van der Waals surface area (Å²) >= 11 is 0. The maximum absolute atomic E-state index is 11.6. The predicted molar refractivity (Wildman–Crippen MR) is 65.1 cm³/mol. The molecule has 16 heavy (non-hydrogen) atoms. The lowest BCUT2D eigenvalue weighted by molar-refractivity contribution is -0.114. The first-order valence-electron chi connectivity index (χ1n) is 5.98. The second kappa shape index (κ2) is 5.78. The minimum Gasteiger partial charge on any atom is -0.290 e. The van der Waals surface area contributed by atoms with Gasteiger partial charge in [0.15, 0.2) is 11.6 Å². The van der Waals surface area contributed by atoms with E-state index in [-0.39, 0.29) is 17.5 Å². The predicted octanol–water partition coefficient (Wildman–Crippen LogP) is 3.08. The van der Waals surface area contributed by atoms with Gasteiger partial charge in [-0.05, 0) is 36.5 Å². The molecule has 1 aliphatic rings. The van der Waals surface area contributed by atoms with Crippen LogP contribution in [0.15, 0.2) is 23.8 Å². The maximum atomic E-state index is 11.6. The highest BCUT2D eigenvalue weighted by molar-refractivity contribution is 6.17. The van der Waals surface area contributed by atoms with Crippen LogP contribution in [0.3, 0.4) is 0 Å². The molecule has 1 rings (SSSR count). The van der Waals surface area contributed by atoms with Gasteiger partial charge in [0, 0.05) is 5.57 Å². The fourth-order valence-corrected chi connectivity index (χ4v) is 1.90. The average Bonchev–Trinajstić information content (AvgIpc) is 2.21. The van der Waals surface area contributed by atoms with Crippen LogP contribution in [0.2, 0.25) is 0 Å². The van der Waals surface area contributed by atoms with E-state index in [9.17, 15) is 9.59 Å². The van der Waals surface area contributed by atoms with Crippen molar-refractivity contribution < 1.29 is 9.59 Å². The number of hydrogen-bond acceptors (Lipinski definition) is 2. The second-order valence-electron chi connectivity index (χ2n) is 4.93. The Morgan fingerprint density at radius 2 is 1.75 bits per heavy atom. The van der Waals surface area contributed by atoms with Gasteiger partial charge in [-0.15, -0.1) is 0 Å². The van der Waals surface area contributed by atoms with Crippen molar-refractivity contribution in [3.05, 3.63) is 23.8 Å². The summed E-state index contributed by atoms with van der Waals surface area (Å²) in [7, 11) is 0. The molecular weight excluding hydrogens is 200 g/mol. The first-order chi connectivity index (χ1) is 7.50. The third-order valence-corrected chi connectivity index (χ3v) is 2.93. The smallest absolute Gasteiger partial charge is 0.182 e. The summed E-state index contributed by atoms with van der Waals surface area (Å²) in [5, 5.41) is 0. The average molecular weight is 220 g/mol. The van der Waals surface area contributed by atoms with Crippen molar-refractivity contribution in [2.24, 2.45) is 11.8 Å². The zero-order chi connectivity index (χ0) is 12.1. The fraction of sp³-hybridized carbons (Fsp3) is 0.571. The van der Waals surface area contributed by atoms with Gasteiger partial charge in [0.25, 0.3) is 0 Å². The molecule has 0 aromatic carbocycles. The van der Waals surface area contributed by atoms with Crippen molar-refractivity contribution in [2.45, 2.75) is 40.0 Å². The quantitative estimate of drug-likeness (QED) is 0.667. The molecule has 1 aliphatic carbocycles. The first-order valence-corrected chi connectivity index (χ1v) is 5.98. The van der Waals surface area contributed by atoms with Gasteiger partial charge in [-0.2, -0.15) is 0 Å². The largest absolute Gasteiger partial charge is 0.290 e. The van der Waals surface area contributed by atoms with E-state index >= 15 is 0 Å². The van der Waals surface area contributed by atoms with E-state index in [0.717, 1.165) is 12.8 Å². The van der Waals surface area contributed by atoms with Crippen molar-refractivity contribution >= 4 is 11.6 Å². The maximum Gasteiger partial charge on any atom is 0.182 e. The summed E-state index contributed by atoms with van der Waals surface area (Å²) in [4.78, 5) is 22.8. The van der Waals surface area contributed by atoms with Gasteiger partial charge in [0.2, 0.25) is 0 Å². The molecule has 0 radical (unpaired) electrons. The number of hydrogen-bond donors (Lipinski definition) is 0. The number of rotatable bonds is 5. The summed E-state index contributed by atoms with van der Waals surface area (Å²) in [5.74, 6) is 0.826. The van der Waals surface area contributed by atoms with E-state index in [1.807, 2.05) is 6.92 Å². The van der Waals surface area contributed by atoms with Gasteiger partial charge in [-0.1, -0.05) is 33.6 Å². The molecule has 0 amide bonds. The standard InChI is InChI=1S/C14H20O2/c1-10(2)5-4-6-11(3)13-9-12(15)7-8-14(13)16/h7-11H,4-6H2,1-3H3/t11-/m1/s1. The molecule has 0 saturated heterocycles. The number of ketones is 2. The molecule has 2 nitrogen and oxygen atoms in total. The van der Waals surface area contributed by atoms with Gasteiger partial charge in [0.1, 0.15) is 0 Å². The van der Waals surface area contributed by atoms with Crippen LogP contribution in [0.1, 0.15) is 40.0 Å². The minimum absolute atomic E-state index is 0.00310. The molecule has 0 fully saturated rings. The van der Waals surface area contributed by atoms with Gasteiger partial charge in [-0.25, -0.2) is 0 Å². The van der Waals surface area contributed by atoms with Crippen LogP contribution in [-0.2, 0) is 9.59 Å². The van der Waals surface area contributed by atoms with Crippen molar-refractivity contribution in [2.75, 3.05) is 0 Å². The van der Waals surface area contributed by atoms with Crippen LogP contribution in [0, 0.1) is 11.8 Å². The Morgan fingerprint density at radius 1 is 1.06 bits per heavy atom. The normalized spacial score (nSPS) is 17.9. The Kier molecular flexibility index (Phi) is 4.66. The molecule has 0 aliphatic heterocycles. The number of allylic oxidation sites excluding steroid dienone is 4. The Hall–Kier alpha value is -1.18. The molecule has 0 heterocycles. The monoisotopic (exact) mass is 220 g/mol. The Morgan fingerprint density at radius 3 is 2.38 bits per heavy atom. The van der Waals surface area contributed by atoms with E-state index in [4.69, 9.17) is 0 Å². The number of carbonyl (C=O) groups excluding carboxylic acids is 2. The number of carbonyl (C=O) groups is 2. The molecular formula is C14H20O2. The lowest BCUT2D eigenvalue weighted by atomic mass is 9.88. The van der Waals surface area contributed by atoms with Gasteiger partial charge >= 0.3 is 0 Å². The highest BCUT2D eigenvalue weighted by Crippen LogP contribution is 2.22. The molecule has 0 N–H and O–H groups in total.